The van der Waals surface area contributed by atoms with Crippen LogP contribution in [0.2, 0.25) is 0 Å². The van der Waals surface area contributed by atoms with E-state index in [9.17, 15) is 46.0 Å². The Morgan fingerprint density at radius 2 is 1.48 bits per heavy atom. The van der Waals surface area contributed by atoms with Gasteiger partial charge in [0.05, 0.1) is 43.7 Å². The maximum atomic E-state index is 13.0. The molecule has 0 unspecified atom stereocenters. The Kier molecular flexibility index (Phi) is 12.2. The van der Waals surface area contributed by atoms with Crippen molar-refractivity contribution in [2.45, 2.75) is 202 Å². The van der Waals surface area contributed by atoms with Crippen LogP contribution >= 0.6 is 0 Å². The maximum absolute atomic E-state index is 13.0. The molecule has 0 amide bonds. The minimum Gasteiger partial charge on any atom is -0.394 e. The Bertz CT molecular complexity index is 1610. The summed E-state index contributed by atoms with van der Waals surface area (Å²) in [6.45, 7) is 10.3. The topological polar surface area (TPSA) is 256 Å². The largest absolute Gasteiger partial charge is 0.394 e. The number of aliphatic hydroxyl groups is 9. The van der Waals surface area contributed by atoms with Gasteiger partial charge in [-0.05, 0) is 75.0 Å². The van der Waals surface area contributed by atoms with Gasteiger partial charge in [0, 0.05) is 30.1 Å². The number of rotatable bonds is 7. The molecule has 3 saturated carbocycles. The second-order valence-electron chi connectivity index (χ2n) is 20.8. The van der Waals surface area contributed by atoms with Gasteiger partial charge in [-0.2, -0.15) is 0 Å². The number of hydrogen-bond donors (Lipinski definition) is 9. The van der Waals surface area contributed by atoms with E-state index in [-0.39, 0.29) is 47.2 Å². The van der Waals surface area contributed by atoms with Gasteiger partial charge in [0.25, 0.3) is 0 Å². The van der Waals surface area contributed by atoms with Crippen molar-refractivity contribution in [1.82, 2.24) is 0 Å². The van der Waals surface area contributed by atoms with E-state index in [1.165, 1.54) is 12.5 Å². The molecule has 17 heteroatoms. The van der Waals surface area contributed by atoms with Crippen LogP contribution in [0.1, 0.15) is 92.4 Å². The normalized spacial score (nSPS) is 58.4. The first-order valence-corrected chi connectivity index (χ1v) is 22.9. The number of aliphatic hydroxyl groups excluding tert-OH is 8. The van der Waals surface area contributed by atoms with Crippen molar-refractivity contribution in [3.63, 3.8) is 0 Å². The maximum Gasteiger partial charge on any atom is 0.187 e. The van der Waals surface area contributed by atoms with E-state index in [1.807, 2.05) is 0 Å². The van der Waals surface area contributed by atoms with Crippen LogP contribution in [0.25, 0.3) is 0 Å². The van der Waals surface area contributed by atoms with Crippen molar-refractivity contribution in [1.29, 1.82) is 0 Å². The van der Waals surface area contributed by atoms with Crippen LogP contribution in [0.5, 0.6) is 0 Å². The van der Waals surface area contributed by atoms with Gasteiger partial charge in [-0.1, -0.05) is 39.3 Å². The average Bonchev–Trinajstić information content (AvgIpc) is 3.63. The van der Waals surface area contributed by atoms with Gasteiger partial charge >= 0.3 is 0 Å². The first kappa shape index (κ1) is 45.2. The lowest BCUT2D eigenvalue weighted by Crippen LogP contribution is -2.66. The summed E-state index contributed by atoms with van der Waals surface area (Å²) >= 11 is 0. The van der Waals surface area contributed by atoms with E-state index in [2.05, 4.69) is 33.8 Å². The second kappa shape index (κ2) is 16.4. The number of fused-ring (bicyclic) bond motifs is 7. The van der Waals surface area contributed by atoms with Crippen LogP contribution in [-0.2, 0) is 37.9 Å². The molecule has 9 rings (SSSR count). The minimum absolute atomic E-state index is 0.0513. The molecular weight excluding hydrogens is 800 g/mol. The van der Waals surface area contributed by atoms with E-state index >= 15 is 0 Å². The Hall–Kier alpha value is -0.940. The Balaban J connectivity index is 0.925. The molecule has 0 bridgehead atoms. The zero-order valence-corrected chi connectivity index (χ0v) is 36.0. The molecule has 5 heterocycles. The van der Waals surface area contributed by atoms with Gasteiger partial charge in [0.2, 0.25) is 0 Å². The Morgan fingerprint density at radius 1 is 0.738 bits per heavy atom. The fourth-order valence-electron chi connectivity index (χ4n) is 13.7. The van der Waals surface area contributed by atoms with E-state index in [0.29, 0.717) is 31.8 Å². The minimum atomic E-state index is -1.73. The predicted molar refractivity (Wildman–Crippen MR) is 210 cm³/mol. The summed E-state index contributed by atoms with van der Waals surface area (Å²) < 4.78 is 49.5. The Labute approximate surface area is 357 Å². The van der Waals surface area contributed by atoms with E-state index in [1.54, 1.807) is 0 Å². The highest BCUT2D eigenvalue weighted by atomic mass is 16.8. The van der Waals surface area contributed by atoms with Gasteiger partial charge < -0.3 is 83.9 Å². The van der Waals surface area contributed by atoms with E-state index in [4.69, 9.17) is 37.9 Å². The van der Waals surface area contributed by atoms with Crippen LogP contribution in [0, 0.1) is 40.4 Å². The fourth-order valence-corrected chi connectivity index (χ4v) is 13.7. The highest BCUT2D eigenvalue weighted by molar-refractivity contribution is 5.29. The number of hydrogen-bond acceptors (Lipinski definition) is 17. The van der Waals surface area contributed by atoms with Gasteiger partial charge in [-0.15, -0.1) is 0 Å². The standard InChI is InChI=1S/C44H70O17/c1-19-8-13-44(55-17-19)20(2)29-27(61-44)15-43(53)25-7-6-22-14-23(9-11-41(22,4)24(25)10-12-42(29,43)5)57-40-37(60-39-34(51)32(49)30(47)21(3)56-39)35(52)36(28(16-45)58-40)59-38-33(50)31(48)26(46)18-54-38/h6,19-21,23-40,45-53H,7-18H2,1-5H3/t19-,20-,21-,23+,24-,25+,26+,27-,28+,29-,30-,31+,32-,33+,34-,35-,36+,37+,38+,39+,40+,41-,42+,43+,44+/m1/s1. The van der Waals surface area contributed by atoms with Gasteiger partial charge in [0.1, 0.15) is 61.0 Å². The van der Waals surface area contributed by atoms with Crippen LogP contribution in [0.3, 0.4) is 0 Å². The quantitative estimate of drug-likeness (QED) is 0.152. The average molecular weight is 871 g/mol. The first-order chi connectivity index (χ1) is 28.9. The smallest absolute Gasteiger partial charge is 0.187 e. The van der Waals surface area contributed by atoms with Crippen LogP contribution in [-0.4, -0.2) is 175 Å². The molecule has 348 valence electrons. The number of ether oxygens (including phenoxy) is 8. The second-order valence-corrected chi connectivity index (χ2v) is 20.8. The molecule has 25 atom stereocenters. The molecule has 0 radical (unpaired) electrons. The monoisotopic (exact) mass is 870 g/mol. The molecule has 1 spiro atoms. The van der Waals surface area contributed by atoms with Crippen LogP contribution in [0.15, 0.2) is 11.6 Å². The zero-order valence-electron chi connectivity index (χ0n) is 36.0. The molecular formula is C44H70O17. The van der Waals surface area contributed by atoms with Crippen LogP contribution in [0.4, 0.5) is 0 Å². The molecule has 9 N–H and O–H groups in total. The van der Waals surface area contributed by atoms with Crippen molar-refractivity contribution < 1.29 is 83.9 Å². The SMILES string of the molecule is C[C@@H]1CC[C@]2(OC1)O[C@@H]1C[C@]3(O)[C@H]4CC=C5C[C@@H](O[C@H]6O[C@@H](CO)[C@H](O[C@@H]7OC[C@H](O)[C@H](O)[C@@H]7O)[C@@H](O)[C@@H]6O[C@@H]6O[C@H](C)[C@@H](O)[C@@H](O)[C@H]6O)CC[C@@]5(C)[C@@H]4CC[C@@]3(C)[C@@H]1[C@H]2C. The van der Waals surface area contributed by atoms with Crippen molar-refractivity contribution in [3.05, 3.63) is 11.6 Å². The van der Waals surface area contributed by atoms with Crippen molar-refractivity contribution >= 4 is 0 Å². The molecule has 0 aromatic carbocycles. The summed E-state index contributed by atoms with van der Waals surface area (Å²) in [5.74, 6) is 0.647. The molecule has 8 fully saturated rings. The molecule has 17 nitrogen and oxygen atoms in total. The first-order valence-electron chi connectivity index (χ1n) is 22.9. The molecule has 0 aromatic rings. The van der Waals surface area contributed by atoms with Gasteiger partial charge in [-0.25, -0.2) is 0 Å². The van der Waals surface area contributed by atoms with Crippen LogP contribution < -0.4 is 0 Å². The third-order valence-electron chi connectivity index (χ3n) is 17.5. The molecule has 9 aliphatic rings. The van der Waals surface area contributed by atoms with Gasteiger partial charge in [0.15, 0.2) is 24.7 Å². The Morgan fingerprint density at radius 3 is 2.20 bits per heavy atom. The summed E-state index contributed by atoms with van der Waals surface area (Å²) in [6.07, 6.45) is -11.8. The third-order valence-corrected chi connectivity index (χ3v) is 17.5. The van der Waals surface area contributed by atoms with E-state index in [0.717, 1.165) is 38.5 Å². The summed E-state index contributed by atoms with van der Waals surface area (Å²) in [5, 5.41) is 98.1. The van der Waals surface area contributed by atoms with Crippen molar-refractivity contribution in [2.24, 2.45) is 40.4 Å². The zero-order chi connectivity index (χ0) is 43.6. The molecule has 0 aromatic heterocycles. The van der Waals surface area contributed by atoms with Gasteiger partial charge in [-0.3, -0.25) is 0 Å². The summed E-state index contributed by atoms with van der Waals surface area (Å²) in [5.41, 5.74) is -0.160. The lowest BCUT2D eigenvalue weighted by atomic mass is 9.45. The van der Waals surface area contributed by atoms with Crippen molar-refractivity contribution in [3.8, 4) is 0 Å². The molecule has 5 aliphatic heterocycles. The third kappa shape index (κ3) is 7.14. The lowest BCUT2D eigenvalue weighted by Gasteiger charge is -2.62. The lowest BCUT2D eigenvalue weighted by molar-refractivity contribution is -0.385. The highest BCUT2D eigenvalue weighted by Crippen LogP contribution is 2.72. The summed E-state index contributed by atoms with van der Waals surface area (Å²) in [4.78, 5) is 0. The molecule has 5 saturated heterocycles. The van der Waals surface area contributed by atoms with Crippen molar-refractivity contribution in [2.75, 3.05) is 19.8 Å². The summed E-state index contributed by atoms with van der Waals surface area (Å²) in [7, 11) is 0. The van der Waals surface area contributed by atoms with E-state index < -0.39 is 110 Å². The summed E-state index contributed by atoms with van der Waals surface area (Å²) in [6, 6.07) is 0. The predicted octanol–water partition coefficient (Wildman–Crippen LogP) is -0.0319. The fraction of sp³-hybridized carbons (Fsp3) is 0.955. The molecule has 4 aliphatic carbocycles. The highest BCUT2D eigenvalue weighted by Gasteiger charge is 2.74. The number of allylic oxidation sites excluding steroid dienone is 1. The molecule has 61 heavy (non-hydrogen) atoms.